The molecule has 0 unspecified atom stereocenters. The number of unbranched alkanes of at least 4 members (excludes halogenated alkanes) is 3. The molecule has 1 aromatic carbocycles. The molecule has 0 fully saturated rings. The van der Waals surface area contributed by atoms with Crippen LogP contribution in [0.5, 0.6) is 0 Å². The third-order valence-corrected chi connectivity index (χ3v) is 2.85. The van der Waals surface area contributed by atoms with Gasteiger partial charge >= 0.3 is 0 Å². The predicted octanol–water partition coefficient (Wildman–Crippen LogP) is 3.12. The molecule has 1 aromatic rings. The van der Waals surface area contributed by atoms with Crippen molar-refractivity contribution in [3.63, 3.8) is 0 Å². The summed E-state index contributed by atoms with van der Waals surface area (Å²) in [5.41, 5.74) is 2.62. The molecule has 2 nitrogen and oxygen atoms in total. The Labute approximate surface area is 103 Å². The number of benzene rings is 1. The second kappa shape index (κ2) is 8.68. The fourth-order valence-corrected chi connectivity index (χ4v) is 1.82. The molecule has 0 amide bonds. The predicted molar refractivity (Wildman–Crippen MR) is 69.1 cm³/mol. The van der Waals surface area contributed by atoms with Crippen LogP contribution < -0.4 is 0 Å². The average Bonchev–Trinajstić information content (AvgIpc) is 2.37. The monoisotopic (exact) mass is 232 g/mol. The lowest BCUT2D eigenvalue weighted by atomic mass is 10.0. The van der Waals surface area contributed by atoms with Gasteiger partial charge in [0.25, 0.3) is 0 Å². The molecule has 0 heterocycles. The van der Waals surface area contributed by atoms with Crippen molar-refractivity contribution in [2.45, 2.75) is 44.9 Å². The molecule has 0 atom stereocenters. The highest BCUT2D eigenvalue weighted by molar-refractivity contribution is 5.49. The summed E-state index contributed by atoms with van der Waals surface area (Å²) in [6.07, 6.45) is 8.28. The van der Waals surface area contributed by atoms with Crippen molar-refractivity contribution < 1.29 is 9.59 Å². The Balaban J connectivity index is 2.28. The number of hydrogen-bond acceptors (Lipinski definition) is 2. The zero-order valence-corrected chi connectivity index (χ0v) is 10.2. The minimum atomic E-state index is 0.646. The summed E-state index contributed by atoms with van der Waals surface area (Å²) >= 11 is 0. The van der Waals surface area contributed by atoms with Gasteiger partial charge in [-0.1, -0.05) is 24.3 Å². The standard InChI is InChI=1S/C15H20O2/c16-12-4-1-2-6-14-8-10-15(11-9-14)7-3-5-13-17/h8-13H,1-7H2. The molecule has 0 aliphatic carbocycles. The van der Waals surface area contributed by atoms with Crippen LogP contribution in [0.3, 0.4) is 0 Å². The molecule has 92 valence electrons. The lowest BCUT2D eigenvalue weighted by molar-refractivity contribution is -0.108. The number of carbonyl (C=O) groups excluding carboxylic acids is 2. The van der Waals surface area contributed by atoms with Crippen LogP contribution in [0.25, 0.3) is 0 Å². The Bertz CT molecular complexity index is 327. The van der Waals surface area contributed by atoms with Crippen LogP contribution in [-0.4, -0.2) is 12.6 Å². The first-order chi connectivity index (χ1) is 8.36. The number of aldehydes is 2. The summed E-state index contributed by atoms with van der Waals surface area (Å²) < 4.78 is 0. The van der Waals surface area contributed by atoms with Crippen LogP contribution in [-0.2, 0) is 22.4 Å². The molecule has 0 aliphatic rings. The Hall–Kier alpha value is -1.44. The summed E-state index contributed by atoms with van der Waals surface area (Å²) in [5, 5.41) is 0. The first kappa shape index (κ1) is 13.6. The van der Waals surface area contributed by atoms with E-state index in [0.717, 1.165) is 44.7 Å². The van der Waals surface area contributed by atoms with E-state index >= 15 is 0 Å². The number of carbonyl (C=O) groups is 2. The summed E-state index contributed by atoms with van der Waals surface area (Å²) in [6, 6.07) is 8.58. The molecular weight excluding hydrogens is 212 g/mol. The van der Waals surface area contributed by atoms with E-state index in [1.807, 2.05) is 0 Å². The molecule has 0 bridgehead atoms. The molecule has 0 radical (unpaired) electrons. The largest absolute Gasteiger partial charge is 0.303 e. The molecule has 17 heavy (non-hydrogen) atoms. The van der Waals surface area contributed by atoms with Gasteiger partial charge in [-0.05, 0) is 43.2 Å². The van der Waals surface area contributed by atoms with E-state index < -0.39 is 0 Å². The summed E-state index contributed by atoms with van der Waals surface area (Å²) in [7, 11) is 0. The third kappa shape index (κ3) is 6.00. The van der Waals surface area contributed by atoms with E-state index in [0.29, 0.717) is 12.8 Å². The van der Waals surface area contributed by atoms with Gasteiger partial charge in [-0.3, -0.25) is 0 Å². The van der Waals surface area contributed by atoms with E-state index in [1.54, 1.807) is 0 Å². The van der Waals surface area contributed by atoms with Crippen molar-refractivity contribution in [3.8, 4) is 0 Å². The smallest absolute Gasteiger partial charge is 0.120 e. The number of rotatable bonds is 9. The van der Waals surface area contributed by atoms with Gasteiger partial charge in [0.05, 0.1) is 0 Å². The normalized spacial score (nSPS) is 10.1. The van der Waals surface area contributed by atoms with Crippen LogP contribution in [0.4, 0.5) is 0 Å². The van der Waals surface area contributed by atoms with Crippen molar-refractivity contribution in [3.05, 3.63) is 35.4 Å². The molecule has 0 spiro atoms. The molecule has 0 N–H and O–H groups in total. The van der Waals surface area contributed by atoms with Crippen molar-refractivity contribution in [1.29, 1.82) is 0 Å². The highest BCUT2D eigenvalue weighted by Gasteiger charge is 1.96. The van der Waals surface area contributed by atoms with Gasteiger partial charge in [0.15, 0.2) is 0 Å². The van der Waals surface area contributed by atoms with Crippen LogP contribution in [0.15, 0.2) is 24.3 Å². The first-order valence-corrected chi connectivity index (χ1v) is 6.32. The molecule has 0 saturated carbocycles. The van der Waals surface area contributed by atoms with Crippen molar-refractivity contribution >= 4 is 12.6 Å². The Morgan fingerprint density at radius 1 is 0.706 bits per heavy atom. The maximum Gasteiger partial charge on any atom is 0.120 e. The number of aryl methyl sites for hydroxylation is 2. The summed E-state index contributed by atoms with van der Waals surface area (Å²) in [5.74, 6) is 0. The minimum Gasteiger partial charge on any atom is -0.303 e. The maximum absolute atomic E-state index is 10.2. The summed E-state index contributed by atoms with van der Waals surface area (Å²) in [6.45, 7) is 0. The molecular formula is C15H20O2. The van der Waals surface area contributed by atoms with Gasteiger partial charge in [-0.2, -0.15) is 0 Å². The molecule has 2 heteroatoms. The van der Waals surface area contributed by atoms with Crippen LogP contribution in [0.2, 0.25) is 0 Å². The van der Waals surface area contributed by atoms with Gasteiger partial charge in [-0.15, -0.1) is 0 Å². The Morgan fingerprint density at radius 3 is 1.71 bits per heavy atom. The second-order valence-electron chi connectivity index (χ2n) is 4.29. The van der Waals surface area contributed by atoms with Crippen molar-refractivity contribution in [2.75, 3.05) is 0 Å². The Morgan fingerprint density at radius 2 is 1.18 bits per heavy atom. The van der Waals surface area contributed by atoms with Gasteiger partial charge in [0, 0.05) is 12.8 Å². The zero-order chi connectivity index (χ0) is 12.3. The molecule has 0 aromatic heterocycles. The zero-order valence-electron chi connectivity index (χ0n) is 10.2. The molecule has 0 saturated heterocycles. The molecule has 0 aliphatic heterocycles. The Kier molecular flexibility index (Phi) is 6.96. The highest BCUT2D eigenvalue weighted by Crippen LogP contribution is 2.10. The van der Waals surface area contributed by atoms with E-state index in [2.05, 4.69) is 24.3 Å². The van der Waals surface area contributed by atoms with Gasteiger partial charge in [0.2, 0.25) is 0 Å². The molecule has 1 rings (SSSR count). The number of hydrogen-bond donors (Lipinski definition) is 0. The van der Waals surface area contributed by atoms with Crippen LogP contribution in [0.1, 0.15) is 43.2 Å². The SMILES string of the molecule is O=CCCCCc1ccc(CCCC=O)cc1. The van der Waals surface area contributed by atoms with Crippen LogP contribution >= 0.6 is 0 Å². The maximum atomic E-state index is 10.2. The van der Waals surface area contributed by atoms with Gasteiger partial charge in [0.1, 0.15) is 12.6 Å². The fraction of sp³-hybridized carbons (Fsp3) is 0.467. The third-order valence-electron chi connectivity index (χ3n) is 2.85. The van der Waals surface area contributed by atoms with E-state index in [4.69, 9.17) is 0 Å². The van der Waals surface area contributed by atoms with Crippen molar-refractivity contribution in [2.24, 2.45) is 0 Å². The van der Waals surface area contributed by atoms with E-state index in [-0.39, 0.29) is 0 Å². The first-order valence-electron chi connectivity index (χ1n) is 6.32. The lowest BCUT2D eigenvalue weighted by Gasteiger charge is -2.03. The fourth-order valence-electron chi connectivity index (χ4n) is 1.82. The highest BCUT2D eigenvalue weighted by atomic mass is 16.1. The van der Waals surface area contributed by atoms with Gasteiger partial charge < -0.3 is 9.59 Å². The lowest BCUT2D eigenvalue weighted by Crippen LogP contribution is -1.89. The quantitative estimate of drug-likeness (QED) is 0.484. The van der Waals surface area contributed by atoms with E-state index in [1.165, 1.54) is 11.1 Å². The van der Waals surface area contributed by atoms with Gasteiger partial charge in [-0.25, -0.2) is 0 Å². The summed E-state index contributed by atoms with van der Waals surface area (Å²) in [4.78, 5) is 20.4. The second-order valence-corrected chi connectivity index (χ2v) is 4.29. The van der Waals surface area contributed by atoms with Crippen molar-refractivity contribution in [1.82, 2.24) is 0 Å². The topological polar surface area (TPSA) is 34.1 Å². The average molecular weight is 232 g/mol. The van der Waals surface area contributed by atoms with Crippen LogP contribution in [0, 0.1) is 0 Å². The van der Waals surface area contributed by atoms with E-state index in [9.17, 15) is 9.59 Å². The minimum absolute atomic E-state index is 0.646.